The Morgan fingerprint density at radius 3 is 2.47 bits per heavy atom. The van der Waals surface area contributed by atoms with Crippen LogP contribution in [0.4, 0.5) is 11.5 Å². The van der Waals surface area contributed by atoms with Gasteiger partial charge in [-0.15, -0.1) is 0 Å². The number of anilines is 2. The van der Waals surface area contributed by atoms with Gasteiger partial charge in [0.05, 0.1) is 5.56 Å². The molecule has 1 aliphatic heterocycles. The maximum atomic E-state index is 12.9. The average Bonchev–Trinajstić information content (AvgIpc) is 3.35. The van der Waals surface area contributed by atoms with Gasteiger partial charge >= 0.3 is 0 Å². The molecule has 0 bridgehead atoms. The average molecular weight is 421 g/mol. The molecule has 1 fully saturated rings. The summed E-state index contributed by atoms with van der Waals surface area (Å²) in [6.07, 6.45) is 3.15. The largest absolute Gasteiger partial charge is 0.349 e. The van der Waals surface area contributed by atoms with Gasteiger partial charge in [-0.1, -0.05) is 18.2 Å². The fraction of sp³-hybridized carbons (Fsp3) is 0.261. The van der Waals surface area contributed by atoms with Crippen molar-refractivity contribution in [2.24, 2.45) is 0 Å². The van der Waals surface area contributed by atoms with Crippen LogP contribution in [0.1, 0.15) is 33.6 Å². The van der Waals surface area contributed by atoms with Gasteiger partial charge in [0.15, 0.2) is 0 Å². The number of thiophene rings is 1. The van der Waals surface area contributed by atoms with Crippen LogP contribution in [-0.4, -0.2) is 47.9 Å². The van der Waals surface area contributed by atoms with E-state index in [1.54, 1.807) is 6.20 Å². The first-order valence-corrected chi connectivity index (χ1v) is 10.9. The summed E-state index contributed by atoms with van der Waals surface area (Å²) in [4.78, 5) is 33.4. The highest BCUT2D eigenvalue weighted by molar-refractivity contribution is 7.08. The molecule has 3 aromatic rings. The van der Waals surface area contributed by atoms with E-state index < -0.39 is 0 Å². The molecule has 2 amide bonds. The van der Waals surface area contributed by atoms with E-state index in [9.17, 15) is 9.59 Å². The Balaban J connectivity index is 1.32. The molecule has 30 heavy (non-hydrogen) atoms. The molecule has 1 aliphatic rings. The molecular weight excluding hydrogens is 396 g/mol. The highest BCUT2D eigenvalue weighted by atomic mass is 32.1. The summed E-state index contributed by atoms with van der Waals surface area (Å²) in [5.74, 6) is 0.731. The number of nitrogens with one attached hydrogen (secondary N) is 1. The van der Waals surface area contributed by atoms with E-state index in [1.165, 1.54) is 11.3 Å². The van der Waals surface area contributed by atoms with Crippen LogP contribution in [0.5, 0.6) is 0 Å². The summed E-state index contributed by atoms with van der Waals surface area (Å²) in [5.41, 5.74) is 2.32. The number of para-hydroxylation sites is 1. The third-order valence-electron chi connectivity index (χ3n) is 5.38. The summed E-state index contributed by atoms with van der Waals surface area (Å²) >= 11 is 1.51. The van der Waals surface area contributed by atoms with Gasteiger partial charge in [-0.2, -0.15) is 11.3 Å². The Bertz CT molecular complexity index is 982. The molecule has 0 aliphatic carbocycles. The number of hydrogen-bond acceptors (Lipinski definition) is 5. The zero-order valence-corrected chi connectivity index (χ0v) is 17.6. The SMILES string of the molecule is CN(c1ccccc1)c1ccc(C(=O)N2CCC(NC(=O)c3ccsc3)CC2)cn1. The lowest BCUT2D eigenvalue weighted by atomic mass is 10.0. The predicted molar refractivity (Wildman–Crippen MR) is 119 cm³/mol. The summed E-state index contributed by atoms with van der Waals surface area (Å²) in [5, 5.41) is 6.81. The standard InChI is InChI=1S/C23H24N4O2S/c1-26(20-5-3-2-4-6-20)21-8-7-17(15-24-21)23(29)27-12-9-19(10-13-27)25-22(28)18-11-14-30-16-18/h2-8,11,14-16,19H,9-10,12-13H2,1H3,(H,25,28). The van der Waals surface area contributed by atoms with Crippen LogP contribution in [0.3, 0.4) is 0 Å². The molecule has 2 aromatic heterocycles. The predicted octanol–water partition coefficient (Wildman–Crippen LogP) is 3.95. The van der Waals surface area contributed by atoms with Crippen LogP contribution < -0.4 is 10.2 Å². The molecule has 1 saturated heterocycles. The van der Waals surface area contributed by atoms with Crippen LogP contribution in [0, 0.1) is 0 Å². The normalized spacial score (nSPS) is 14.4. The van der Waals surface area contributed by atoms with E-state index in [2.05, 4.69) is 10.3 Å². The van der Waals surface area contributed by atoms with E-state index in [4.69, 9.17) is 0 Å². The van der Waals surface area contributed by atoms with Gasteiger partial charge in [0.1, 0.15) is 5.82 Å². The third-order valence-corrected chi connectivity index (χ3v) is 6.07. The van der Waals surface area contributed by atoms with Crippen molar-refractivity contribution in [2.45, 2.75) is 18.9 Å². The first-order chi connectivity index (χ1) is 14.6. The minimum absolute atomic E-state index is 0.0148. The number of benzene rings is 1. The van der Waals surface area contributed by atoms with Crippen molar-refractivity contribution < 1.29 is 9.59 Å². The summed E-state index contributed by atoms with van der Waals surface area (Å²) < 4.78 is 0. The quantitative estimate of drug-likeness (QED) is 0.679. The molecule has 0 spiro atoms. The first kappa shape index (κ1) is 20.1. The molecule has 0 unspecified atom stereocenters. The van der Waals surface area contributed by atoms with Crippen LogP contribution >= 0.6 is 11.3 Å². The highest BCUT2D eigenvalue weighted by Gasteiger charge is 2.25. The lowest BCUT2D eigenvalue weighted by molar-refractivity contribution is 0.0697. The molecule has 3 heterocycles. The molecule has 154 valence electrons. The van der Waals surface area contributed by atoms with E-state index in [1.807, 2.05) is 76.1 Å². The second kappa shape index (κ2) is 9.09. The van der Waals surface area contributed by atoms with Gasteiger partial charge in [-0.3, -0.25) is 9.59 Å². The molecule has 4 rings (SSSR count). The second-order valence-corrected chi connectivity index (χ2v) is 8.13. The molecule has 0 radical (unpaired) electrons. The monoisotopic (exact) mass is 420 g/mol. The van der Waals surface area contributed by atoms with Gasteiger partial charge in [-0.05, 0) is 48.6 Å². The first-order valence-electron chi connectivity index (χ1n) is 9.99. The lowest BCUT2D eigenvalue weighted by Gasteiger charge is -2.32. The lowest BCUT2D eigenvalue weighted by Crippen LogP contribution is -2.46. The van der Waals surface area contributed by atoms with Gasteiger partial charge in [0.2, 0.25) is 0 Å². The van der Waals surface area contributed by atoms with Crippen LogP contribution in [0.15, 0.2) is 65.5 Å². The van der Waals surface area contributed by atoms with E-state index in [0.717, 1.165) is 24.3 Å². The summed E-state index contributed by atoms with van der Waals surface area (Å²) in [7, 11) is 1.95. The number of likely N-dealkylation sites (tertiary alicyclic amines) is 1. The summed E-state index contributed by atoms with van der Waals surface area (Å²) in [6, 6.07) is 15.6. The Morgan fingerprint density at radius 2 is 1.83 bits per heavy atom. The second-order valence-electron chi connectivity index (χ2n) is 7.35. The molecule has 0 atom stereocenters. The fourth-order valence-corrected chi connectivity index (χ4v) is 4.20. The van der Waals surface area contributed by atoms with Crippen molar-refractivity contribution in [1.29, 1.82) is 0 Å². The molecule has 6 nitrogen and oxygen atoms in total. The molecule has 1 N–H and O–H groups in total. The molecule has 7 heteroatoms. The number of pyridine rings is 1. The molecular formula is C23H24N4O2S. The number of nitrogens with zero attached hydrogens (tertiary/aromatic N) is 3. The number of aromatic nitrogens is 1. The Labute approximate surface area is 180 Å². The van der Waals surface area contributed by atoms with Crippen molar-refractivity contribution >= 4 is 34.7 Å². The van der Waals surface area contributed by atoms with E-state index >= 15 is 0 Å². The highest BCUT2D eigenvalue weighted by Crippen LogP contribution is 2.22. The smallest absolute Gasteiger partial charge is 0.255 e. The van der Waals surface area contributed by atoms with Gasteiger partial charge in [-0.25, -0.2) is 4.98 Å². The fourth-order valence-electron chi connectivity index (χ4n) is 3.57. The molecule has 1 aromatic carbocycles. The van der Waals surface area contributed by atoms with Crippen LogP contribution in [0.2, 0.25) is 0 Å². The van der Waals surface area contributed by atoms with Crippen LogP contribution in [0.25, 0.3) is 0 Å². The van der Waals surface area contributed by atoms with Gasteiger partial charge in [0.25, 0.3) is 11.8 Å². The summed E-state index contributed by atoms with van der Waals surface area (Å²) in [6.45, 7) is 1.25. The van der Waals surface area contributed by atoms with Gasteiger partial charge < -0.3 is 15.1 Å². The zero-order valence-electron chi connectivity index (χ0n) is 16.8. The van der Waals surface area contributed by atoms with Gasteiger partial charge in [0, 0.05) is 49.0 Å². The van der Waals surface area contributed by atoms with Crippen molar-refractivity contribution in [3.63, 3.8) is 0 Å². The topological polar surface area (TPSA) is 65.5 Å². The Hall–Kier alpha value is -3.19. The van der Waals surface area contributed by atoms with E-state index in [0.29, 0.717) is 24.2 Å². The van der Waals surface area contributed by atoms with Crippen molar-refractivity contribution in [3.05, 3.63) is 76.6 Å². The Kier molecular flexibility index (Phi) is 6.09. The number of rotatable bonds is 5. The van der Waals surface area contributed by atoms with E-state index in [-0.39, 0.29) is 17.9 Å². The van der Waals surface area contributed by atoms with Crippen molar-refractivity contribution in [3.8, 4) is 0 Å². The Morgan fingerprint density at radius 1 is 1.07 bits per heavy atom. The number of carbonyl (C=O) groups excluding carboxylic acids is 2. The maximum absolute atomic E-state index is 12.9. The maximum Gasteiger partial charge on any atom is 0.255 e. The van der Waals surface area contributed by atoms with Crippen molar-refractivity contribution in [1.82, 2.24) is 15.2 Å². The third kappa shape index (κ3) is 4.52. The minimum Gasteiger partial charge on any atom is -0.349 e. The number of hydrogen-bond donors (Lipinski definition) is 1. The number of carbonyl (C=O) groups is 2. The molecule has 0 saturated carbocycles. The number of amides is 2. The van der Waals surface area contributed by atoms with Crippen LogP contribution in [-0.2, 0) is 0 Å². The zero-order chi connectivity index (χ0) is 20.9. The number of piperidine rings is 1. The van der Waals surface area contributed by atoms with Crippen molar-refractivity contribution in [2.75, 3.05) is 25.0 Å². The minimum atomic E-state index is -0.0386.